The largest absolute Gasteiger partial charge is 0.496 e. The first-order valence-electron chi connectivity index (χ1n) is 5.26. The van der Waals surface area contributed by atoms with E-state index >= 15 is 0 Å². The Bertz CT molecular complexity index is 372. The number of methoxy groups -OCH3 is 1. The lowest BCUT2D eigenvalue weighted by Gasteiger charge is -2.04. The topological polar surface area (TPSA) is 38.3 Å². The van der Waals surface area contributed by atoms with Crippen LogP contribution in [0.3, 0.4) is 0 Å². The van der Waals surface area contributed by atoms with Gasteiger partial charge in [-0.15, -0.1) is 0 Å². The zero-order valence-corrected chi connectivity index (χ0v) is 9.69. The summed E-state index contributed by atoms with van der Waals surface area (Å²) >= 11 is 0. The van der Waals surface area contributed by atoms with Gasteiger partial charge in [0.2, 0.25) is 0 Å². The average Bonchev–Trinajstić information content (AvgIpc) is 2.34. The van der Waals surface area contributed by atoms with Crippen molar-refractivity contribution in [3.8, 4) is 5.75 Å². The van der Waals surface area contributed by atoms with E-state index < -0.39 is 0 Å². The second kappa shape index (κ2) is 6.80. The van der Waals surface area contributed by atoms with Crippen LogP contribution in [0, 0.1) is 0 Å². The molecule has 0 atom stereocenters. The van der Waals surface area contributed by atoms with Crippen molar-refractivity contribution in [1.82, 2.24) is 5.32 Å². The molecule has 0 aliphatic rings. The minimum atomic E-state index is 0.579. The van der Waals surface area contributed by atoms with Crippen LogP contribution in [0.1, 0.15) is 22.3 Å². The average molecular weight is 219 g/mol. The van der Waals surface area contributed by atoms with E-state index in [-0.39, 0.29) is 0 Å². The zero-order chi connectivity index (χ0) is 11.8. The summed E-state index contributed by atoms with van der Waals surface area (Å²) < 4.78 is 5.13. The van der Waals surface area contributed by atoms with Crippen LogP contribution in [0.5, 0.6) is 5.75 Å². The number of carbonyl (C=O) groups is 1. The van der Waals surface area contributed by atoms with Crippen LogP contribution in [-0.4, -0.2) is 27.0 Å². The molecule has 0 spiro atoms. The monoisotopic (exact) mass is 219 g/mol. The van der Waals surface area contributed by atoms with Crippen molar-refractivity contribution < 1.29 is 9.53 Å². The molecule has 0 fully saturated rings. The number of aldehydes is 1. The van der Waals surface area contributed by atoms with Gasteiger partial charge in [-0.3, -0.25) is 4.79 Å². The highest BCUT2D eigenvalue weighted by molar-refractivity contribution is 5.80. The number of ether oxygens (including phenoxy) is 1. The van der Waals surface area contributed by atoms with E-state index in [2.05, 4.69) is 11.4 Å². The van der Waals surface area contributed by atoms with Crippen LogP contribution in [0.4, 0.5) is 0 Å². The predicted molar refractivity (Wildman–Crippen MR) is 66.0 cm³/mol. The molecule has 1 rings (SSSR count). The van der Waals surface area contributed by atoms with Gasteiger partial charge in [0.05, 0.1) is 12.7 Å². The van der Waals surface area contributed by atoms with Gasteiger partial charge in [-0.05, 0) is 37.7 Å². The molecule has 0 aromatic heterocycles. The fraction of sp³-hybridized carbons (Fsp3) is 0.308. The van der Waals surface area contributed by atoms with Crippen LogP contribution in [-0.2, 0) is 0 Å². The molecule has 3 heteroatoms. The Labute approximate surface area is 96.1 Å². The van der Waals surface area contributed by atoms with Gasteiger partial charge in [0.15, 0.2) is 6.29 Å². The molecule has 1 N–H and O–H groups in total. The van der Waals surface area contributed by atoms with E-state index in [4.69, 9.17) is 4.74 Å². The van der Waals surface area contributed by atoms with Crippen molar-refractivity contribution >= 4 is 12.4 Å². The van der Waals surface area contributed by atoms with Crippen molar-refractivity contribution in [2.75, 3.05) is 20.7 Å². The molecule has 0 aliphatic heterocycles. The summed E-state index contributed by atoms with van der Waals surface area (Å²) in [5.41, 5.74) is 1.62. The van der Waals surface area contributed by atoms with Gasteiger partial charge in [0.25, 0.3) is 0 Å². The molecule has 16 heavy (non-hydrogen) atoms. The minimum absolute atomic E-state index is 0.579. The zero-order valence-electron chi connectivity index (χ0n) is 9.69. The fourth-order valence-electron chi connectivity index (χ4n) is 1.38. The predicted octanol–water partition coefficient (Wildman–Crippen LogP) is 2.13. The molecule has 1 aromatic rings. The molecule has 0 radical (unpaired) electrons. The molecule has 0 aliphatic carbocycles. The highest BCUT2D eigenvalue weighted by Gasteiger charge is 2.01. The Balaban J connectivity index is 2.74. The van der Waals surface area contributed by atoms with Crippen LogP contribution < -0.4 is 10.1 Å². The molecule has 0 saturated heterocycles. The normalized spacial score (nSPS) is 10.6. The van der Waals surface area contributed by atoms with E-state index in [1.807, 2.05) is 25.3 Å². The van der Waals surface area contributed by atoms with E-state index in [1.165, 1.54) is 0 Å². The van der Waals surface area contributed by atoms with Crippen molar-refractivity contribution in [2.45, 2.75) is 6.42 Å². The Hall–Kier alpha value is -1.61. The second-order valence-corrected chi connectivity index (χ2v) is 3.41. The van der Waals surface area contributed by atoms with E-state index in [0.29, 0.717) is 11.3 Å². The summed E-state index contributed by atoms with van der Waals surface area (Å²) in [5.74, 6) is 0.616. The number of rotatable bonds is 6. The van der Waals surface area contributed by atoms with Crippen molar-refractivity contribution in [3.63, 3.8) is 0 Å². The van der Waals surface area contributed by atoms with E-state index in [1.54, 1.807) is 13.2 Å². The number of benzene rings is 1. The number of carbonyl (C=O) groups excluding carboxylic acids is 1. The molecule has 86 valence electrons. The molecule has 0 amide bonds. The maximum Gasteiger partial charge on any atom is 0.153 e. The van der Waals surface area contributed by atoms with Crippen molar-refractivity contribution in [3.05, 3.63) is 35.4 Å². The summed E-state index contributed by atoms with van der Waals surface area (Å²) in [7, 11) is 3.49. The number of hydrogen-bond acceptors (Lipinski definition) is 3. The van der Waals surface area contributed by atoms with Gasteiger partial charge >= 0.3 is 0 Å². The van der Waals surface area contributed by atoms with Gasteiger partial charge in [-0.2, -0.15) is 0 Å². The lowest BCUT2D eigenvalue weighted by molar-refractivity contribution is 0.112. The molecular formula is C13H17NO2. The third-order valence-corrected chi connectivity index (χ3v) is 2.26. The van der Waals surface area contributed by atoms with Crippen molar-refractivity contribution in [1.29, 1.82) is 0 Å². The summed E-state index contributed by atoms with van der Waals surface area (Å²) in [5, 5.41) is 3.07. The molecule has 0 bridgehead atoms. The molecule has 0 unspecified atom stereocenters. The SMILES string of the molecule is CNCCC=Cc1ccc(C=O)c(OC)c1. The first kappa shape index (κ1) is 12.5. The second-order valence-electron chi connectivity index (χ2n) is 3.41. The number of nitrogens with one attached hydrogen (secondary N) is 1. The summed E-state index contributed by atoms with van der Waals surface area (Å²) in [4.78, 5) is 10.7. The molecular weight excluding hydrogens is 202 g/mol. The summed E-state index contributed by atoms with van der Waals surface area (Å²) in [6.07, 6.45) is 5.89. The Morgan fingerprint density at radius 1 is 1.44 bits per heavy atom. The van der Waals surface area contributed by atoms with Gasteiger partial charge < -0.3 is 10.1 Å². The molecule has 0 heterocycles. The quantitative estimate of drug-likeness (QED) is 0.588. The Morgan fingerprint density at radius 2 is 2.25 bits per heavy atom. The molecule has 0 saturated carbocycles. The van der Waals surface area contributed by atoms with E-state index in [9.17, 15) is 4.79 Å². The lowest BCUT2D eigenvalue weighted by Crippen LogP contribution is -2.05. The van der Waals surface area contributed by atoms with E-state index in [0.717, 1.165) is 24.8 Å². The van der Waals surface area contributed by atoms with Gasteiger partial charge in [-0.1, -0.05) is 18.2 Å². The van der Waals surface area contributed by atoms with Crippen LogP contribution in [0.2, 0.25) is 0 Å². The Morgan fingerprint density at radius 3 is 2.88 bits per heavy atom. The molecule has 1 aromatic carbocycles. The first-order valence-corrected chi connectivity index (χ1v) is 5.26. The summed E-state index contributed by atoms with van der Waals surface area (Å²) in [6, 6.07) is 5.53. The van der Waals surface area contributed by atoms with Gasteiger partial charge in [0, 0.05) is 0 Å². The maximum absolute atomic E-state index is 10.7. The fourth-order valence-corrected chi connectivity index (χ4v) is 1.38. The van der Waals surface area contributed by atoms with Gasteiger partial charge in [-0.25, -0.2) is 0 Å². The minimum Gasteiger partial charge on any atom is -0.496 e. The smallest absolute Gasteiger partial charge is 0.153 e. The highest BCUT2D eigenvalue weighted by Crippen LogP contribution is 2.19. The van der Waals surface area contributed by atoms with Crippen LogP contribution >= 0.6 is 0 Å². The third-order valence-electron chi connectivity index (χ3n) is 2.26. The highest BCUT2D eigenvalue weighted by atomic mass is 16.5. The lowest BCUT2D eigenvalue weighted by atomic mass is 10.1. The maximum atomic E-state index is 10.7. The van der Waals surface area contributed by atoms with Crippen LogP contribution in [0.25, 0.3) is 6.08 Å². The first-order chi connectivity index (χ1) is 7.81. The third kappa shape index (κ3) is 3.51. The summed E-state index contributed by atoms with van der Waals surface area (Å²) in [6.45, 7) is 0.958. The molecule has 3 nitrogen and oxygen atoms in total. The number of hydrogen-bond donors (Lipinski definition) is 1. The Kier molecular flexibility index (Phi) is 5.29. The van der Waals surface area contributed by atoms with Crippen molar-refractivity contribution in [2.24, 2.45) is 0 Å². The van der Waals surface area contributed by atoms with Gasteiger partial charge in [0.1, 0.15) is 5.75 Å². The standard InChI is InChI=1S/C13H17NO2/c1-14-8-4-3-5-11-6-7-12(10-15)13(9-11)16-2/h3,5-7,9-10,14H,4,8H2,1-2H3. The van der Waals surface area contributed by atoms with Crippen LogP contribution in [0.15, 0.2) is 24.3 Å².